The van der Waals surface area contributed by atoms with Crippen LogP contribution in [-0.4, -0.2) is 24.7 Å². The molecule has 132 valence electrons. The standard InChI is InChI=1S/C20H18N2O4/c1-13-17(20(24)22(21-13)16-7-5-4-6-8-16)11-15-9-10-18(26-14(2)23)19(12-15)25-3/h4-12H,1-3H3/b17-11+. The number of hydrogen-bond donors (Lipinski definition) is 0. The fraction of sp³-hybridized carbons (Fsp3) is 0.150. The van der Waals surface area contributed by atoms with Crippen LogP contribution in [0.2, 0.25) is 0 Å². The number of rotatable bonds is 4. The third-order valence-corrected chi connectivity index (χ3v) is 3.82. The molecule has 0 saturated carbocycles. The Labute approximate surface area is 151 Å². The highest BCUT2D eigenvalue weighted by Gasteiger charge is 2.28. The summed E-state index contributed by atoms with van der Waals surface area (Å²) in [6.45, 7) is 3.11. The number of carbonyl (C=O) groups excluding carboxylic acids is 2. The van der Waals surface area contributed by atoms with Gasteiger partial charge in [0, 0.05) is 6.92 Å². The summed E-state index contributed by atoms with van der Waals surface area (Å²) in [6, 6.07) is 14.3. The topological polar surface area (TPSA) is 68.2 Å². The van der Waals surface area contributed by atoms with E-state index in [0.717, 1.165) is 5.56 Å². The number of ether oxygens (including phenoxy) is 2. The van der Waals surface area contributed by atoms with Crippen LogP contribution in [0.1, 0.15) is 19.4 Å². The van der Waals surface area contributed by atoms with Gasteiger partial charge < -0.3 is 9.47 Å². The Morgan fingerprint density at radius 3 is 2.50 bits per heavy atom. The summed E-state index contributed by atoms with van der Waals surface area (Å²) in [6.07, 6.45) is 1.74. The number of amides is 1. The van der Waals surface area contributed by atoms with Crippen LogP contribution in [0.4, 0.5) is 5.69 Å². The minimum atomic E-state index is -0.429. The molecule has 0 aromatic heterocycles. The molecular weight excluding hydrogens is 332 g/mol. The van der Waals surface area contributed by atoms with Crippen molar-refractivity contribution >= 4 is 29.4 Å². The maximum absolute atomic E-state index is 12.7. The Hall–Kier alpha value is -3.41. The van der Waals surface area contributed by atoms with E-state index in [0.29, 0.717) is 28.5 Å². The molecule has 0 N–H and O–H groups in total. The van der Waals surface area contributed by atoms with E-state index in [1.54, 1.807) is 31.2 Å². The Morgan fingerprint density at radius 1 is 1.12 bits per heavy atom. The maximum Gasteiger partial charge on any atom is 0.308 e. The molecule has 3 rings (SSSR count). The first-order chi connectivity index (χ1) is 12.5. The molecule has 0 radical (unpaired) electrons. The average Bonchev–Trinajstić information content (AvgIpc) is 2.91. The van der Waals surface area contributed by atoms with Crippen LogP contribution < -0.4 is 14.5 Å². The Balaban J connectivity index is 1.92. The third kappa shape index (κ3) is 3.49. The van der Waals surface area contributed by atoms with Crippen molar-refractivity contribution < 1.29 is 19.1 Å². The number of para-hydroxylation sites is 1. The van der Waals surface area contributed by atoms with E-state index in [9.17, 15) is 9.59 Å². The van der Waals surface area contributed by atoms with E-state index in [1.165, 1.54) is 19.0 Å². The number of hydrazone groups is 1. The molecular formula is C20H18N2O4. The van der Waals surface area contributed by atoms with Crippen molar-refractivity contribution in [2.45, 2.75) is 13.8 Å². The summed E-state index contributed by atoms with van der Waals surface area (Å²) in [7, 11) is 1.49. The molecule has 0 bridgehead atoms. The van der Waals surface area contributed by atoms with Gasteiger partial charge >= 0.3 is 5.97 Å². The van der Waals surface area contributed by atoms with E-state index < -0.39 is 5.97 Å². The Kier molecular flexibility index (Phi) is 4.84. The average molecular weight is 350 g/mol. The summed E-state index contributed by atoms with van der Waals surface area (Å²) >= 11 is 0. The van der Waals surface area contributed by atoms with Gasteiger partial charge in [-0.05, 0) is 42.8 Å². The summed E-state index contributed by atoms with van der Waals surface area (Å²) in [5.41, 5.74) is 2.58. The van der Waals surface area contributed by atoms with Gasteiger partial charge in [-0.2, -0.15) is 10.1 Å². The van der Waals surface area contributed by atoms with Crippen LogP contribution in [0.5, 0.6) is 11.5 Å². The first kappa shape index (κ1) is 17.4. The second kappa shape index (κ2) is 7.23. The monoisotopic (exact) mass is 350 g/mol. The van der Waals surface area contributed by atoms with Gasteiger partial charge in [-0.15, -0.1) is 0 Å². The molecule has 0 aliphatic carbocycles. The normalized spacial score (nSPS) is 15.2. The molecule has 0 fully saturated rings. The quantitative estimate of drug-likeness (QED) is 0.481. The lowest BCUT2D eigenvalue weighted by atomic mass is 10.1. The number of carbonyl (C=O) groups is 2. The van der Waals surface area contributed by atoms with Crippen LogP contribution in [-0.2, 0) is 9.59 Å². The first-order valence-electron chi connectivity index (χ1n) is 8.03. The van der Waals surface area contributed by atoms with Gasteiger partial charge in [0.05, 0.1) is 24.1 Å². The van der Waals surface area contributed by atoms with Gasteiger partial charge in [0.1, 0.15) is 0 Å². The molecule has 2 aromatic carbocycles. The lowest BCUT2D eigenvalue weighted by Crippen LogP contribution is -2.21. The van der Waals surface area contributed by atoms with Crippen molar-refractivity contribution in [3.8, 4) is 11.5 Å². The minimum absolute atomic E-state index is 0.197. The van der Waals surface area contributed by atoms with E-state index in [1.807, 2.05) is 30.3 Å². The van der Waals surface area contributed by atoms with Crippen molar-refractivity contribution in [3.63, 3.8) is 0 Å². The second-order valence-electron chi connectivity index (χ2n) is 5.70. The van der Waals surface area contributed by atoms with Crippen LogP contribution in [0.15, 0.2) is 59.2 Å². The number of anilines is 1. The van der Waals surface area contributed by atoms with Crippen LogP contribution in [0, 0.1) is 0 Å². The predicted octanol–water partition coefficient (Wildman–Crippen LogP) is 3.43. The van der Waals surface area contributed by atoms with Crippen LogP contribution in [0.25, 0.3) is 6.08 Å². The SMILES string of the molecule is COc1cc(/C=C2/C(=O)N(c3ccccc3)N=C2C)ccc1OC(C)=O. The molecule has 26 heavy (non-hydrogen) atoms. The minimum Gasteiger partial charge on any atom is -0.493 e. The van der Waals surface area contributed by atoms with Gasteiger partial charge in [-0.25, -0.2) is 0 Å². The van der Waals surface area contributed by atoms with Crippen molar-refractivity contribution in [2.24, 2.45) is 5.10 Å². The summed E-state index contributed by atoms with van der Waals surface area (Å²) < 4.78 is 10.4. The molecule has 0 saturated heterocycles. The molecule has 6 heteroatoms. The first-order valence-corrected chi connectivity index (χ1v) is 8.03. The van der Waals surface area contributed by atoms with E-state index in [-0.39, 0.29) is 5.91 Å². The number of benzene rings is 2. The van der Waals surface area contributed by atoms with Crippen molar-refractivity contribution in [1.29, 1.82) is 0 Å². The molecule has 1 amide bonds. The summed E-state index contributed by atoms with van der Waals surface area (Å²) in [4.78, 5) is 23.9. The van der Waals surface area contributed by atoms with Gasteiger partial charge in [-0.3, -0.25) is 9.59 Å². The van der Waals surface area contributed by atoms with E-state index in [2.05, 4.69) is 5.10 Å². The zero-order chi connectivity index (χ0) is 18.7. The number of methoxy groups -OCH3 is 1. The zero-order valence-electron chi connectivity index (χ0n) is 14.7. The molecule has 6 nitrogen and oxygen atoms in total. The van der Waals surface area contributed by atoms with Crippen LogP contribution >= 0.6 is 0 Å². The number of esters is 1. The summed E-state index contributed by atoms with van der Waals surface area (Å²) in [5, 5.41) is 5.73. The lowest BCUT2D eigenvalue weighted by Gasteiger charge is -2.11. The molecule has 2 aromatic rings. The molecule has 1 heterocycles. The zero-order valence-corrected chi connectivity index (χ0v) is 14.7. The second-order valence-corrected chi connectivity index (χ2v) is 5.70. The van der Waals surface area contributed by atoms with Crippen molar-refractivity contribution in [3.05, 3.63) is 59.7 Å². The number of nitrogens with zero attached hydrogens (tertiary/aromatic N) is 2. The molecule has 1 aliphatic rings. The van der Waals surface area contributed by atoms with Gasteiger partial charge in [-0.1, -0.05) is 24.3 Å². The highest BCUT2D eigenvalue weighted by atomic mass is 16.6. The maximum atomic E-state index is 12.7. The van der Waals surface area contributed by atoms with Crippen LogP contribution in [0.3, 0.4) is 0 Å². The van der Waals surface area contributed by atoms with E-state index >= 15 is 0 Å². The van der Waals surface area contributed by atoms with Crippen molar-refractivity contribution in [1.82, 2.24) is 0 Å². The smallest absolute Gasteiger partial charge is 0.308 e. The Morgan fingerprint density at radius 2 is 1.85 bits per heavy atom. The van der Waals surface area contributed by atoms with Gasteiger partial charge in [0.15, 0.2) is 11.5 Å². The van der Waals surface area contributed by atoms with Gasteiger partial charge in [0.2, 0.25) is 0 Å². The highest BCUT2D eigenvalue weighted by molar-refractivity contribution is 6.32. The largest absolute Gasteiger partial charge is 0.493 e. The number of hydrogen-bond acceptors (Lipinski definition) is 5. The molecule has 0 spiro atoms. The Bertz CT molecular complexity index is 917. The lowest BCUT2D eigenvalue weighted by molar-refractivity contribution is -0.132. The van der Waals surface area contributed by atoms with Gasteiger partial charge in [0.25, 0.3) is 5.91 Å². The molecule has 0 unspecified atom stereocenters. The third-order valence-electron chi connectivity index (χ3n) is 3.82. The molecule has 0 atom stereocenters. The fourth-order valence-electron chi connectivity index (χ4n) is 2.61. The van der Waals surface area contributed by atoms with E-state index in [4.69, 9.17) is 9.47 Å². The van der Waals surface area contributed by atoms with Crippen molar-refractivity contribution in [2.75, 3.05) is 12.1 Å². The fourth-order valence-corrected chi connectivity index (χ4v) is 2.61. The highest BCUT2D eigenvalue weighted by Crippen LogP contribution is 2.30. The predicted molar refractivity (Wildman–Crippen MR) is 99.3 cm³/mol. The summed E-state index contributed by atoms with van der Waals surface area (Å²) in [5.74, 6) is 0.115. The molecule has 1 aliphatic heterocycles.